The standard InChI is InChI=1S/C24H27FN4O5/c1-16(30)17-2-5-22(20(25)15-17)27-6-8-29(9-7-27)23(31)19-14-18(24(32)34-26)3-4-21(19)28-10-12-33-13-11-28/h2-5,14-15H,6-13,26H2,1H3. The Morgan fingerprint density at radius 3 is 2.12 bits per heavy atom. The van der Waals surface area contributed by atoms with Crippen LogP contribution in [-0.4, -0.2) is 75.0 Å². The molecule has 0 aliphatic carbocycles. The molecular formula is C24H27FN4O5. The van der Waals surface area contributed by atoms with E-state index in [1.54, 1.807) is 29.2 Å². The number of carbonyl (C=O) groups excluding carboxylic acids is 3. The van der Waals surface area contributed by atoms with E-state index in [-0.39, 0.29) is 17.3 Å². The molecule has 0 bridgehead atoms. The first-order valence-electron chi connectivity index (χ1n) is 11.1. The van der Waals surface area contributed by atoms with Crippen LogP contribution in [-0.2, 0) is 9.57 Å². The highest BCUT2D eigenvalue weighted by atomic mass is 19.1. The van der Waals surface area contributed by atoms with Gasteiger partial charge in [-0.15, -0.1) is 0 Å². The molecule has 2 fully saturated rings. The van der Waals surface area contributed by atoms with Crippen LogP contribution in [0.4, 0.5) is 15.8 Å². The van der Waals surface area contributed by atoms with Gasteiger partial charge in [-0.25, -0.2) is 9.18 Å². The molecule has 0 unspecified atom stereocenters. The maximum atomic E-state index is 14.6. The molecule has 34 heavy (non-hydrogen) atoms. The maximum Gasteiger partial charge on any atom is 0.356 e. The van der Waals surface area contributed by atoms with Gasteiger partial charge < -0.3 is 24.3 Å². The molecule has 0 saturated carbocycles. The van der Waals surface area contributed by atoms with E-state index in [1.165, 1.54) is 19.1 Å². The molecule has 0 atom stereocenters. The molecular weight excluding hydrogens is 443 g/mol. The number of nitrogens with zero attached hydrogens (tertiary/aromatic N) is 3. The fourth-order valence-corrected chi connectivity index (χ4v) is 4.29. The number of ketones is 1. The van der Waals surface area contributed by atoms with Gasteiger partial charge in [-0.1, -0.05) is 0 Å². The monoisotopic (exact) mass is 470 g/mol. The summed E-state index contributed by atoms with van der Waals surface area (Å²) in [5, 5.41) is 0. The highest BCUT2D eigenvalue weighted by Crippen LogP contribution is 2.27. The van der Waals surface area contributed by atoms with Crippen LogP contribution in [0.1, 0.15) is 38.0 Å². The summed E-state index contributed by atoms with van der Waals surface area (Å²) in [6.07, 6.45) is 0. The first-order valence-corrected chi connectivity index (χ1v) is 11.1. The highest BCUT2D eigenvalue weighted by Gasteiger charge is 2.28. The number of Topliss-reactive ketones (excluding diaryl/α,β-unsaturated/α-hetero) is 1. The van der Waals surface area contributed by atoms with E-state index in [0.717, 1.165) is 5.69 Å². The van der Waals surface area contributed by atoms with Gasteiger partial charge in [0.15, 0.2) is 5.78 Å². The molecule has 0 spiro atoms. The zero-order chi connectivity index (χ0) is 24.2. The fraction of sp³-hybridized carbons (Fsp3) is 0.375. The van der Waals surface area contributed by atoms with E-state index in [2.05, 4.69) is 9.74 Å². The molecule has 0 aromatic heterocycles. The van der Waals surface area contributed by atoms with Crippen molar-refractivity contribution in [2.24, 2.45) is 5.90 Å². The van der Waals surface area contributed by atoms with Crippen LogP contribution in [0.5, 0.6) is 0 Å². The van der Waals surface area contributed by atoms with Gasteiger partial charge in [0.05, 0.1) is 30.0 Å². The number of anilines is 2. The number of carbonyl (C=O) groups is 3. The van der Waals surface area contributed by atoms with Gasteiger partial charge in [0, 0.05) is 50.5 Å². The van der Waals surface area contributed by atoms with Crippen molar-refractivity contribution in [2.75, 3.05) is 62.3 Å². The lowest BCUT2D eigenvalue weighted by molar-refractivity contribution is 0.0503. The Bertz CT molecular complexity index is 1090. The Morgan fingerprint density at radius 2 is 1.50 bits per heavy atom. The van der Waals surface area contributed by atoms with Gasteiger partial charge in [0.1, 0.15) is 5.82 Å². The summed E-state index contributed by atoms with van der Waals surface area (Å²) in [6, 6.07) is 9.27. The van der Waals surface area contributed by atoms with E-state index in [0.29, 0.717) is 69.3 Å². The van der Waals surface area contributed by atoms with Crippen LogP contribution in [0.25, 0.3) is 0 Å². The number of benzene rings is 2. The summed E-state index contributed by atoms with van der Waals surface area (Å²) in [4.78, 5) is 46.9. The van der Waals surface area contributed by atoms with Crippen LogP contribution < -0.4 is 15.7 Å². The number of hydrogen-bond acceptors (Lipinski definition) is 8. The lowest BCUT2D eigenvalue weighted by Gasteiger charge is -2.37. The van der Waals surface area contributed by atoms with Crippen molar-refractivity contribution in [1.82, 2.24) is 4.90 Å². The van der Waals surface area contributed by atoms with E-state index in [4.69, 9.17) is 10.6 Å². The smallest absolute Gasteiger partial charge is 0.356 e. The van der Waals surface area contributed by atoms with Gasteiger partial charge in [-0.05, 0) is 43.3 Å². The Morgan fingerprint density at radius 1 is 0.882 bits per heavy atom. The third-order valence-electron chi connectivity index (χ3n) is 6.18. The first kappa shape index (κ1) is 23.7. The first-order chi connectivity index (χ1) is 16.4. The largest absolute Gasteiger partial charge is 0.378 e. The average Bonchev–Trinajstić information content (AvgIpc) is 2.88. The van der Waals surface area contributed by atoms with Crippen LogP contribution in [0.15, 0.2) is 36.4 Å². The summed E-state index contributed by atoms with van der Waals surface area (Å²) in [7, 11) is 0. The summed E-state index contributed by atoms with van der Waals surface area (Å²) in [5.74, 6) is 3.43. The summed E-state index contributed by atoms with van der Waals surface area (Å²) in [5.41, 5.74) is 2.01. The van der Waals surface area contributed by atoms with Crippen LogP contribution >= 0.6 is 0 Å². The minimum absolute atomic E-state index is 0.189. The molecule has 2 aliphatic heterocycles. The number of halogens is 1. The predicted molar refractivity (Wildman–Crippen MR) is 124 cm³/mol. The van der Waals surface area contributed by atoms with E-state index < -0.39 is 11.8 Å². The van der Waals surface area contributed by atoms with Gasteiger partial charge >= 0.3 is 5.97 Å². The van der Waals surface area contributed by atoms with Gasteiger partial charge in [0.25, 0.3) is 5.91 Å². The number of rotatable bonds is 5. The van der Waals surface area contributed by atoms with Gasteiger partial charge in [0.2, 0.25) is 0 Å². The number of amides is 1. The number of nitrogens with two attached hydrogens (primary N) is 1. The minimum Gasteiger partial charge on any atom is -0.378 e. The molecule has 2 aromatic rings. The van der Waals surface area contributed by atoms with Crippen molar-refractivity contribution >= 4 is 29.0 Å². The lowest BCUT2D eigenvalue weighted by Crippen LogP contribution is -2.49. The van der Waals surface area contributed by atoms with Crippen LogP contribution in [0.2, 0.25) is 0 Å². The van der Waals surface area contributed by atoms with Crippen molar-refractivity contribution in [1.29, 1.82) is 0 Å². The number of ether oxygens (including phenoxy) is 1. The maximum absolute atomic E-state index is 14.6. The van der Waals surface area contributed by atoms with Gasteiger partial charge in [-0.3, -0.25) is 9.59 Å². The third kappa shape index (κ3) is 4.87. The van der Waals surface area contributed by atoms with Crippen molar-refractivity contribution in [3.05, 3.63) is 58.9 Å². The molecule has 9 nitrogen and oxygen atoms in total. The topological polar surface area (TPSA) is 105 Å². The summed E-state index contributed by atoms with van der Waals surface area (Å²) >= 11 is 0. The van der Waals surface area contributed by atoms with E-state index in [9.17, 15) is 18.8 Å². The molecule has 2 aromatic carbocycles. The van der Waals surface area contributed by atoms with Crippen LogP contribution in [0, 0.1) is 5.82 Å². The second-order valence-corrected chi connectivity index (χ2v) is 8.24. The normalized spacial score (nSPS) is 16.4. The molecule has 2 heterocycles. The molecule has 2 aliphatic rings. The molecule has 180 valence electrons. The molecule has 2 N–H and O–H groups in total. The highest BCUT2D eigenvalue weighted by molar-refractivity contribution is 6.03. The quantitative estimate of drug-likeness (QED) is 0.522. The molecule has 4 rings (SSSR count). The zero-order valence-corrected chi connectivity index (χ0v) is 19.0. The van der Waals surface area contributed by atoms with E-state index in [1.807, 2.05) is 4.90 Å². The number of hydrogen-bond donors (Lipinski definition) is 1. The zero-order valence-electron chi connectivity index (χ0n) is 19.0. The summed E-state index contributed by atoms with van der Waals surface area (Å²) < 4.78 is 20.0. The predicted octanol–water partition coefficient (Wildman–Crippen LogP) is 1.86. The average molecular weight is 471 g/mol. The number of morpholine rings is 1. The molecule has 10 heteroatoms. The molecule has 2 saturated heterocycles. The molecule has 0 radical (unpaired) electrons. The Kier molecular flexibility index (Phi) is 7.09. The van der Waals surface area contributed by atoms with Crippen molar-refractivity contribution in [2.45, 2.75) is 6.92 Å². The second kappa shape index (κ2) is 10.2. The van der Waals surface area contributed by atoms with Gasteiger partial charge in [-0.2, -0.15) is 5.90 Å². The summed E-state index contributed by atoms with van der Waals surface area (Å²) in [6.45, 7) is 5.36. The Balaban J connectivity index is 1.53. The van der Waals surface area contributed by atoms with Crippen molar-refractivity contribution in [3.8, 4) is 0 Å². The minimum atomic E-state index is -0.725. The van der Waals surface area contributed by atoms with Crippen molar-refractivity contribution in [3.63, 3.8) is 0 Å². The molecule has 1 amide bonds. The Labute approximate surface area is 196 Å². The SMILES string of the molecule is CC(=O)c1ccc(N2CCN(C(=O)c3cc(C(=O)ON)ccc3N3CCOCC3)CC2)c(F)c1. The Hall–Kier alpha value is -3.50. The second-order valence-electron chi connectivity index (χ2n) is 8.24. The van der Waals surface area contributed by atoms with E-state index >= 15 is 0 Å². The lowest BCUT2D eigenvalue weighted by atomic mass is 10.0. The third-order valence-corrected chi connectivity index (χ3v) is 6.18. The fourth-order valence-electron chi connectivity index (χ4n) is 4.29. The van der Waals surface area contributed by atoms with Crippen LogP contribution in [0.3, 0.4) is 0 Å². The van der Waals surface area contributed by atoms with Crippen molar-refractivity contribution < 1.29 is 28.3 Å². The number of piperazine rings is 1.